The molecule has 1 saturated carbocycles. The molecule has 1 aliphatic carbocycles. The summed E-state index contributed by atoms with van der Waals surface area (Å²) in [5.41, 5.74) is 1.48. The van der Waals surface area contributed by atoms with Crippen LogP contribution in [0, 0.1) is 11.8 Å². The monoisotopic (exact) mass is 467 g/mol. The molecule has 1 aromatic rings. The van der Waals surface area contributed by atoms with Crippen LogP contribution in [0.15, 0.2) is 30.4 Å². The van der Waals surface area contributed by atoms with Gasteiger partial charge >= 0.3 is 0 Å². The van der Waals surface area contributed by atoms with Gasteiger partial charge in [0.1, 0.15) is 0 Å². The molecule has 4 amide bonds. The van der Waals surface area contributed by atoms with Crippen molar-refractivity contribution in [3.05, 3.63) is 47.0 Å². The Labute approximate surface area is 197 Å². The molecule has 180 valence electrons. The van der Waals surface area contributed by atoms with E-state index in [1.807, 2.05) is 0 Å². The van der Waals surface area contributed by atoms with E-state index >= 15 is 0 Å². The average molecular weight is 468 g/mol. The zero-order valence-electron chi connectivity index (χ0n) is 19.0. The molecule has 0 aromatic heterocycles. The second kappa shape index (κ2) is 12.0. The lowest BCUT2D eigenvalue weighted by atomic mass is 9.81. The Morgan fingerprint density at radius 1 is 0.941 bits per heavy atom. The molecule has 2 aliphatic rings. The van der Waals surface area contributed by atoms with Crippen molar-refractivity contribution in [1.29, 1.82) is 0 Å². The van der Waals surface area contributed by atoms with Gasteiger partial charge in [0.2, 0.25) is 11.8 Å². The Bertz CT molecular complexity index is 976. The lowest BCUT2D eigenvalue weighted by molar-refractivity contribution is -0.137. The lowest BCUT2D eigenvalue weighted by Gasteiger charge is -2.28. The molecule has 1 heterocycles. The quantitative estimate of drug-likeness (QED) is 0.372. The van der Waals surface area contributed by atoms with Gasteiger partial charge in [-0.05, 0) is 49.7 Å². The van der Waals surface area contributed by atoms with Crippen molar-refractivity contribution in [3.8, 4) is 0 Å². The molecule has 0 unspecified atom stereocenters. The van der Waals surface area contributed by atoms with Crippen molar-refractivity contribution in [1.82, 2.24) is 15.5 Å². The Morgan fingerprint density at radius 2 is 1.62 bits per heavy atom. The summed E-state index contributed by atoms with van der Waals surface area (Å²) in [6.07, 6.45) is 7.60. The molecule has 9 heteroatoms. The molecule has 1 aromatic carbocycles. The van der Waals surface area contributed by atoms with Gasteiger partial charge in [-0.3, -0.25) is 33.7 Å². The average Bonchev–Trinajstić information content (AvgIpc) is 3.18. The first-order valence-electron chi connectivity index (χ1n) is 11.5. The van der Waals surface area contributed by atoms with E-state index in [0.717, 1.165) is 36.1 Å². The third kappa shape index (κ3) is 6.69. The summed E-state index contributed by atoms with van der Waals surface area (Å²) in [6.45, 7) is 0.957. The number of aldehydes is 2. The first-order valence-corrected chi connectivity index (χ1v) is 11.5. The van der Waals surface area contributed by atoms with Gasteiger partial charge in [-0.25, -0.2) is 0 Å². The van der Waals surface area contributed by atoms with Gasteiger partial charge in [-0.1, -0.05) is 12.1 Å². The Hall–Kier alpha value is -3.62. The topological polar surface area (TPSA) is 130 Å². The molecule has 0 spiro atoms. The van der Waals surface area contributed by atoms with Crippen LogP contribution in [-0.2, 0) is 25.6 Å². The van der Waals surface area contributed by atoms with E-state index in [9.17, 15) is 28.8 Å². The van der Waals surface area contributed by atoms with E-state index in [4.69, 9.17) is 0 Å². The molecule has 0 saturated heterocycles. The lowest BCUT2D eigenvalue weighted by Crippen LogP contribution is -2.41. The summed E-state index contributed by atoms with van der Waals surface area (Å²) in [5, 5.41) is 5.76. The highest BCUT2D eigenvalue weighted by atomic mass is 16.2. The molecule has 0 bridgehead atoms. The molecule has 1 aliphatic heterocycles. The fourth-order valence-corrected chi connectivity index (χ4v) is 4.31. The first-order chi connectivity index (χ1) is 16.4. The summed E-state index contributed by atoms with van der Waals surface area (Å²) in [7, 11) is 0. The number of hydrogen-bond acceptors (Lipinski definition) is 6. The fraction of sp³-hybridized carbons (Fsp3) is 0.440. The Balaban J connectivity index is 1.31. The smallest absolute Gasteiger partial charge is 0.253 e. The van der Waals surface area contributed by atoms with Crippen LogP contribution in [0.1, 0.15) is 58.4 Å². The van der Waals surface area contributed by atoms with Crippen molar-refractivity contribution in [3.63, 3.8) is 0 Å². The number of aryl methyl sites for hydroxylation is 1. The van der Waals surface area contributed by atoms with Crippen LogP contribution in [0.25, 0.3) is 0 Å². The van der Waals surface area contributed by atoms with E-state index in [1.165, 1.54) is 12.2 Å². The number of nitrogens with one attached hydrogen (secondary N) is 2. The third-order valence-electron chi connectivity index (χ3n) is 6.39. The zero-order valence-corrected chi connectivity index (χ0v) is 19.0. The molecule has 0 atom stereocenters. The number of benzene rings is 1. The van der Waals surface area contributed by atoms with Crippen molar-refractivity contribution in [2.24, 2.45) is 11.8 Å². The summed E-state index contributed by atoms with van der Waals surface area (Å²) < 4.78 is 0. The predicted molar refractivity (Wildman–Crippen MR) is 123 cm³/mol. The van der Waals surface area contributed by atoms with Gasteiger partial charge in [0, 0.05) is 55.3 Å². The largest absolute Gasteiger partial charge is 0.356 e. The van der Waals surface area contributed by atoms with Gasteiger partial charge < -0.3 is 10.6 Å². The van der Waals surface area contributed by atoms with Crippen LogP contribution in [0.5, 0.6) is 0 Å². The van der Waals surface area contributed by atoms with Crippen LogP contribution in [-0.4, -0.2) is 60.7 Å². The van der Waals surface area contributed by atoms with E-state index in [0.29, 0.717) is 42.6 Å². The number of hydrogen-bond donors (Lipinski definition) is 2. The number of imide groups is 1. The second-order valence-corrected chi connectivity index (χ2v) is 8.67. The zero-order chi connectivity index (χ0) is 24.5. The van der Waals surface area contributed by atoms with Gasteiger partial charge in [0.25, 0.3) is 11.8 Å². The van der Waals surface area contributed by atoms with Crippen molar-refractivity contribution >= 4 is 36.2 Å². The number of carbonyl (C=O) groups is 6. The highest BCUT2D eigenvalue weighted by Crippen LogP contribution is 2.28. The number of rotatable bonds is 11. The third-order valence-corrected chi connectivity index (χ3v) is 6.39. The maximum Gasteiger partial charge on any atom is 0.253 e. The van der Waals surface area contributed by atoms with Gasteiger partial charge in [0.15, 0.2) is 12.6 Å². The van der Waals surface area contributed by atoms with Crippen LogP contribution >= 0.6 is 0 Å². The SMILES string of the molecule is O=Cc1ccc(CCC(=O)NC[C@H]2CC[C@H](C(=O)NCCN3C(=O)C=CC3=O)CC2)cc1C=O. The van der Waals surface area contributed by atoms with Crippen molar-refractivity contribution < 1.29 is 28.8 Å². The fourth-order valence-electron chi connectivity index (χ4n) is 4.31. The minimum Gasteiger partial charge on any atom is -0.356 e. The maximum absolute atomic E-state index is 12.4. The molecular formula is C25H29N3O6. The second-order valence-electron chi connectivity index (χ2n) is 8.67. The molecule has 0 radical (unpaired) electrons. The predicted octanol–water partition coefficient (Wildman–Crippen LogP) is 1.21. The molecule has 9 nitrogen and oxygen atoms in total. The highest BCUT2D eigenvalue weighted by molar-refractivity contribution is 6.12. The first kappa shape index (κ1) is 25.0. The Kier molecular flexibility index (Phi) is 8.84. The van der Waals surface area contributed by atoms with Crippen molar-refractivity contribution in [2.75, 3.05) is 19.6 Å². The van der Waals surface area contributed by atoms with Gasteiger partial charge in [-0.15, -0.1) is 0 Å². The van der Waals surface area contributed by atoms with Gasteiger partial charge in [-0.2, -0.15) is 0 Å². The summed E-state index contributed by atoms with van der Waals surface area (Å²) in [6, 6.07) is 4.96. The molecule has 1 fully saturated rings. The molecular weight excluding hydrogens is 438 g/mol. The van der Waals surface area contributed by atoms with E-state index in [-0.39, 0.29) is 49.1 Å². The summed E-state index contributed by atoms with van der Waals surface area (Å²) in [5.74, 6) is -0.646. The van der Waals surface area contributed by atoms with E-state index < -0.39 is 0 Å². The van der Waals surface area contributed by atoms with Crippen LogP contribution in [0.4, 0.5) is 0 Å². The minimum absolute atomic E-state index is 0.0650. The van der Waals surface area contributed by atoms with E-state index in [2.05, 4.69) is 10.6 Å². The van der Waals surface area contributed by atoms with E-state index in [1.54, 1.807) is 18.2 Å². The summed E-state index contributed by atoms with van der Waals surface area (Å²) >= 11 is 0. The van der Waals surface area contributed by atoms with Crippen molar-refractivity contribution in [2.45, 2.75) is 38.5 Å². The normalized spacial score (nSPS) is 19.7. The standard InChI is InChI=1S/C25H29N3O6/c29-15-20-7-1-17(13-21(20)16-30)4-8-22(31)27-14-18-2-5-19(6-3-18)25(34)26-11-12-28-23(32)9-10-24(28)33/h1,7,9-10,13,15-16,18-19H,2-6,8,11-12,14H2,(H,26,34)(H,27,31)/t18-,19-. The minimum atomic E-state index is -0.358. The maximum atomic E-state index is 12.4. The number of nitrogens with zero attached hydrogens (tertiary/aromatic N) is 1. The number of carbonyl (C=O) groups excluding carboxylic acids is 6. The van der Waals surface area contributed by atoms with Crippen LogP contribution < -0.4 is 10.6 Å². The van der Waals surface area contributed by atoms with Crippen LogP contribution in [0.3, 0.4) is 0 Å². The summed E-state index contributed by atoms with van der Waals surface area (Å²) in [4.78, 5) is 70.7. The molecule has 34 heavy (non-hydrogen) atoms. The molecule has 3 rings (SSSR count). The Morgan fingerprint density at radius 3 is 2.26 bits per heavy atom. The highest BCUT2D eigenvalue weighted by Gasteiger charge is 2.27. The van der Waals surface area contributed by atoms with Crippen LogP contribution in [0.2, 0.25) is 0 Å². The molecule has 2 N–H and O–H groups in total. The van der Waals surface area contributed by atoms with Gasteiger partial charge in [0.05, 0.1) is 0 Å². The number of amides is 4.